The van der Waals surface area contributed by atoms with Crippen molar-refractivity contribution in [3.63, 3.8) is 0 Å². The monoisotopic (exact) mass is 203 g/mol. The van der Waals surface area contributed by atoms with Crippen LogP contribution in [-0.4, -0.2) is 10.1 Å². The van der Waals surface area contributed by atoms with Crippen molar-refractivity contribution in [1.29, 1.82) is 0 Å². The molecule has 3 nitrogen and oxygen atoms in total. The summed E-state index contributed by atoms with van der Waals surface area (Å²) in [6, 6.07) is 5.69. The van der Waals surface area contributed by atoms with Gasteiger partial charge in [0.2, 0.25) is 0 Å². The van der Waals surface area contributed by atoms with Gasteiger partial charge in [-0.1, -0.05) is 6.58 Å². The molecule has 0 fully saturated rings. The number of H-pyrrole nitrogens is 1. The van der Waals surface area contributed by atoms with Crippen LogP contribution in [0.15, 0.2) is 36.7 Å². The highest BCUT2D eigenvalue weighted by Crippen LogP contribution is 2.24. The van der Waals surface area contributed by atoms with Gasteiger partial charge in [0.15, 0.2) is 0 Å². The number of aromatic amines is 1. The first-order chi connectivity index (χ1) is 7.20. The summed E-state index contributed by atoms with van der Waals surface area (Å²) in [6.45, 7) is 5.51. The molecule has 0 atom stereocenters. The highest BCUT2D eigenvalue weighted by atomic mass is 16.5. The van der Waals surface area contributed by atoms with Crippen molar-refractivity contribution in [1.82, 2.24) is 4.98 Å². The van der Waals surface area contributed by atoms with Gasteiger partial charge in [-0.05, 0) is 25.1 Å². The summed E-state index contributed by atoms with van der Waals surface area (Å²) in [4.78, 5) is 3.08. The molecule has 2 rings (SSSR count). The van der Waals surface area contributed by atoms with Crippen LogP contribution in [0.3, 0.4) is 0 Å². The number of nitrogens with one attached hydrogen (secondary N) is 1. The van der Waals surface area contributed by atoms with Crippen molar-refractivity contribution in [3.05, 3.63) is 42.3 Å². The molecule has 3 heteroatoms. The van der Waals surface area contributed by atoms with Gasteiger partial charge >= 0.3 is 0 Å². The molecule has 0 saturated heterocycles. The Bertz CT molecular complexity index is 499. The van der Waals surface area contributed by atoms with E-state index in [1.165, 1.54) is 0 Å². The van der Waals surface area contributed by atoms with Gasteiger partial charge in [0.05, 0.1) is 12.4 Å². The SMILES string of the molecule is C=C(C)Oc1ccc2[nH]cc(CO)c2c1. The highest BCUT2D eigenvalue weighted by molar-refractivity contribution is 5.84. The van der Waals surface area contributed by atoms with Gasteiger partial charge in [0, 0.05) is 22.7 Å². The fourth-order valence-electron chi connectivity index (χ4n) is 1.55. The maximum absolute atomic E-state index is 9.12. The number of allylic oxidation sites excluding steroid dienone is 1. The Morgan fingerprint density at radius 1 is 1.53 bits per heavy atom. The smallest absolute Gasteiger partial charge is 0.127 e. The third-order valence-electron chi connectivity index (χ3n) is 2.20. The zero-order valence-electron chi connectivity index (χ0n) is 8.58. The fourth-order valence-corrected chi connectivity index (χ4v) is 1.55. The average molecular weight is 203 g/mol. The normalized spacial score (nSPS) is 10.5. The first-order valence-electron chi connectivity index (χ1n) is 4.75. The number of hydrogen-bond donors (Lipinski definition) is 2. The van der Waals surface area contributed by atoms with Crippen LogP contribution in [0.4, 0.5) is 0 Å². The van der Waals surface area contributed by atoms with Crippen molar-refractivity contribution >= 4 is 10.9 Å². The fraction of sp³-hybridized carbons (Fsp3) is 0.167. The van der Waals surface area contributed by atoms with E-state index in [9.17, 15) is 0 Å². The molecular formula is C12H13NO2. The van der Waals surface area contributed by atoms with Gasteiger partial charge < -0.3 is 14.8 Å². The van der Waals surface area contributed by atoms with Gasteiger partial charge in [0.25, 0.3) is 0 Å². The molecule has 2 aromatic rings. The molecule has 0 saturated carbocycles. The molecule has 15 heavy (non-hydrogen) atoms. The third kappa shape index (κ3) is 1.87. The lowest BCUT2D eigenvalue weighted by atomic mass is 10.2. The van der Waals surface area contributed by atoms with E-state index < -0.39 is 0 Å². The quantitative estimate of drug-likeness (QED) is 0.753. The van der Waals surface area contributed by atoms with Crippen LogP contribution in [0.2, 0.25) is 0 Å². The van der Waals surface area contributed by atoms with E-state index in [0.29, 0.717) is 5.76 Å². The van der Waals surface area contributed by atoms with Crippen molar-refractivity contribution in [2.45, 2.75) is 13.5 Å². The van der Waals surface area contributed by atoms with Crippen LogP contribution in [0.5, 0.6) is 5.75 Å². The van der Waals surface area contributed by atoms with Gasteiger partial charge in [-0.15, -0.1) is 0 Å². The second-order valence-corrected chi connectivity index (χ2v) is 3.48. The predicted molar refractivity (Wildman–Crippen MR) is 59.7 cm³/mol. The van der Waals surface area contributed by atoms with E-state index in [0.717, 1.165) is 22.2 Å². The van der Waals surface area contributed by atoms with Gasteiger partial charge in [0.1, 0.15) is 5.75 Å². The van der Waals surface area contributed by atoms with Crippen LogP contribution in [0.1, 0.15) is 12.5 Å². The first-order valence-corrected chi connectivity index (χ1v) is 4.75. The zero-order chi connectivity index (χ0) is 10.8. The first kappa shape index (κ1) is 9.80. The molecule has 0 amide bonds. The lowest BCUT2D eigenvalue weighted by molar-refractivity contribution is 0.283. The number of rotatable bonds is 3. The maximum atomic E-state index is 9.12. The molecule has 0 radical (unpaired) electrons. The number of aliphatic hydroxyl groups is 1. The molecule has 0 unspecified atom stereocenters. The number of hydrogen-bond acceptors (Lipinski definition) is 2. The standard InChI is InChI=1S/C12H13NO2/c1-8(2)15-10-3-4-12-11(5-10)9(7-14)6-13-12/h3-6,13-14H,1,7H2,2H3. The lowest BCUT2D eigenvalue weighted by Crippen LogP contribution is -1.88. The summed E-state index contributed by atoms with van der Waals surface area (Å²) in [6.07, 6.45) is 1.80. The summed E-state index contributed by atoms with van der Waals surface area (Å²) in [5.41, 5.74) is 1.87. The molecule has 0 aliphatic carbocycles. The van der Waals surface area contributed by atoms with Crippen molar-refractivity contribution in [3.8, 4) is 5.75 Å². The minimum atomic E-state index is 0.0243. The summed E-state index contributed by atoms with van der Waals surface area (Å²) >= 11 is 0. The Hall–Kier alpha value is -1.74. The molecule has 2 N–H and O–H groups in total. The Morgan fingerprint density at radius 2 is 2.33 bits per heavy atom. The number of fused-ring (bicyclic) bond motifs is 1. The van der Waals surface area contributed by atoms with Crippen molar-refractivity contribution in [2.24, 2.45) is 0 Å². The van der Waals surface area contributed by atoms with Crippen molar-refractivity contribution in [2.75, 3.05) is 0 Å². The molecule has 78 valence electrons. The zero-order valence-corrected chi connectivity index (χ0v) is 8.58. The summed E-state index contributed by atoms with van der Waals surface area (Å²) in [7, 11) is 0. The van der Waals surface area contributed by atoms with Crippen LogP contribution < -0.4 is 4.74 Å². The number of ether oxygens (including phenoxy) is 1. The maximum Gasteiger partial charge on any atom is 0.127 e. The van der Waals surface area contributed by atoms with Gasteiger partial charge in [-0.2, -0.15) is 0 Å². The average Bonchev–Trinajstić information content (AvgIpc) is 2.59. The van der Waals surface area contributed by atoms with E-state index >= 15 is 0 Å². The third-order valence-corrected chi connectivity index (χ3v) is 2.20. The molecule has 0 aliphatic heterocycles. The minimum Gasteiger partial charge on any atom is -0.463 e. The van der Waals surface area contributed by atoms with Crippen LogP contribution >= 0.6 is 0 Å². The molecule has 1 aromatic heterocycles. The Kier molecular flexibility index (Phi) is 2.47. The molecule has 1 heterocycles. The molecular weight excluding hydrogens is 190 g/mol. The second kappa shape index (κ2) is 3.79. The Balaban J connectivity index is 2.47. The molecule has 0 aliphatic rings. The van der Waals surface area contributed by atoms with Crippen LogP contribution in [0.25, 0.3) is 10.9 Å². The number of aliphatic hydroxyl groups excluding tert-OH is 1. The van der Waals surface area contributed by atoms with Crippen LogP contribution in [-0.2, 0) is 6.61 Å². The highest BCUT2D eigenvalue weighted by Gasteiger charge is 2.04. The molecule has 0 bridgehead atoms. The topological polar surface area (TPSA) is 45.2 Å². The van der Waals surface area contributed by atoms with E-state index in [4.69, 9.17) is 9.84 Å². The minimum absolute atomic E-state index is 0.0243. The van der Waals surface area contributed by atoms with Crippen molar-refractivity contribution < 1.29 is 9.84 Å². The lowest BCUT2D eigenvalue weighted by Gasteiger charge is -2.04. The largest absolute Gasteiger partial charge is 0.463 e. The van der Waals surface area contributed by atoms with E-state index in [1.807, 2.05) is 18.2 Å². The molecule has 1 aromatic carbocycles. The summed E-state index contributed by atoms with van der Waals surface area (Å²) in [5.74, 6) is 1.39. The summed E-state index contributed by atoms with van der Waals surface area (Å²) in [5, 5.41) is 10.1. The predicted octanol–water partition coefficient (Wildman–Crippen LogP) is 2.57. The Labute approximate surface area is 88.0 Å². The van der Waals surface area contributed by atoms with Gasteiger partial charge in [-0.3, -0.25) is 0 Å². The van der Waals surface area contributed by atoms with E-state index in [1.54, 1.807) is 13.1 Å². The Morgan fingerprint density at radius 3 is 3.00 bits per heavy atom. The molecule has 0 spiro atoms. The van der Waals surface area contributed by atoms with Gasteiger partial charge in [-0.25, -0.2) is 0 Å². The van der Waals surface area contributed by atoms with Crippen LogP contribution in [0, 0.1) is 0 Å². The van der Waals surface area contributed by atoms with E-state index in [-0.39, 0.29) is 6.61 Å². The second-order valence-electron chi connectivity index (χ2n) is 3.48. The summed E-state index contributed by atoms with van der Waals surface area (Å²) < 4.78 is 5.40. The number of benzene rings is 1. The van der Waals surface area contributed by atoms with E-state index in [2.05, 4.69) is 11.6 Å². The number of aromatic nitrogens is 1.